The predicted molar refractivity (Wildman–Crippen MR) is 80.5 cm³/mol. The van der Waals surface area contributed by atoms with Crippen LogP contribution in [-0.4, -0.2) is 19.2 Å². The second-order valence-corrected chi connectivity index (χ2v) is 6.65. The van der Waals surface area contributed by atoms with Crippen LogP contribution < -0.4 is 0 Å². The molecule has 0 bridgehead atoms. The first-order valence-electron chi connectivity index (χ1n) is 6.24. The number of sulfone groups is 1. The molecule has 3 aromatic carbocycles. The van der Waals surface area contributed by atoms with Gasteiger partial charge in [-0.1, -0.05) is 48.5 Å². The van der Waals surface area contributed by atoms with Crippen molar-refractivity contribution in [1.82, 2.24) is 0 Å². The van der Waals surface area contributed by atoms with Crippen LogP contribution in [-0.2, 0) is 9.84 Å². The third-order valence-electron chi connectivity index (χ3n) is 3.34. The first-order valence-corrected chi connectivity index (χ1v) is 7.89. The Morgan fingerprint density at radius 3 is 2.14 bits per heavy atom. The largest absolute Gasteiger partial charge is 0.305 e. The van der Waals surface area contributed by atoms with Crippen LogP contribution in [0, 0.1) is 10.1 Å². The molecule has 0 heterocycles. The molecule has 106 valence electrons. The second kappa shape index (κ2) is 4.82. The first kappa shape index (κ1) is 13.5. The summed E-state index contributed by atoms with van der Waals surface area (Å²) in [6.07, 6.45) is 0. The Labute approximate surface area is 120 Å². The molecule has 0 radical (unpaired) electrons. The highest BCUT2D eigenvalue weighted by atomic mass is 32.2. The third-order valence-corrected chi connectivity index (χ3v) is 4.90. The Morgan fingerprint density at radius 2 is 1.48 bits per heavy atom. The topological polar surface area (TPSA) is 77.3 Å². The van der Waals surface area contributed by atoms with Gasteiger partial charge < -0.3 is 0 Å². The molecular formula is C15H11NO4S. The van der Waals surface area contributed by atoms with E-state index < -0.39 is 20.6 Å². The van der Waals surface area contributed by atoms with E-state index in [4.69, 9.17) is 0 Å². The van der Waals surface area contributed by atoms with Gasteiger partial charge in [0.05, 0.1) is 4.90 Å². The van der Waals surface area contributed by atoms with Gasteiger partial charge in [0, 0.05) is 10.3 Å². The van der Waals surface area contributed by atoms with Crippen molar-refractivity contribution in [3.63, 3.8) is 0 Å². The highest BCUT2D eigenvalue weighted by Crippen LogP contribution is 2.31. The lowest BCUT2D eigenvalue weighted by Gasteiger charge is -2.09. The van der Waals surface area contributed by atoms with E-state index >= 15 is 0 Å². The molecule has 0 aliphatic heterocycles. The molecule has 5 nitrogen and oxygen atoms in total. The van der Waals surface area contributed by atoms with Crippen molar-refractivity contribution in [2.45, 2.75) is 4.90 Å². The third kappa shape index (κ3) is 2.34. The van der Waals surface area contributed by atoms with E-state index in [1.807, 2.05) is 24.3 Å². The van der Waals surface area contributed by atoms with E-state index in [1.165, 1.54) is 6.07 Å². The number of fused-ring (bicyclic) bond motifs is 3. The van der Waals surface area contributed by atoms with Gasteiger partial charge in [-0.2, -0.15) is 0 Å². The van der Waals surface area contributed by atoms with Gasteiger partial charge in [0.15, 0.2) is 0 Å². The average molecular weight is 301 g/mol. The van der Waals surface area contributed by atoms with Gasteiger partial charge in [0.25, 0.3) is 0 Å². The van der Waals surface area contributed by atoms with Gasteiger partial charge in [-0.05, 0) is 22.2 Å². The zero-order chi connectivity index (χ0) is 15.0. The fourth-order valence-electron chi connectivity index (χ4n) is 2.49. The van der Waals surface area contributed by atoms with E-state index in [0.29, 0.717) is 5.39 Å². The van der Waals surface area contributed by atoms with Crippen LogP contribution in [0.4, 0.5) is 0 Å². The van der Waals surface area contributed by atoms with E-state index in [0.717, 1.165) is 16.2 Å². The summed E-state index contributed by atoms with van der Waals surface area (Å²) in [6.45, 7) is 0. The Bertz CT molecular complexity index is 964. The van der Waals surface area contributed by atoms with E-state index in [-0.39, 0.29) is 4.90 Å². The molecule has 6 heteroatoms. The first-order chi connectivity index (χ1) is 9.99. The normalized spacial score (nSPS) is 11.8. The van der Waals surface area contributed by atoms with E-state index in [1.54, 1.807) is 24.3 Å². The fraction of sp³-hybridized carbons (Fsp3) is 0.0667. The molecule has 0 fully saturated rings. The monoisotopic (exact) mass is 301 g/mol. The fourth-order valence-corrected chi connectivity index (χ4v) is 3.72. The van der Waals surface area contributed by atoms with E-state index in [9.17, 15) is 18.5 Å². The van der Waals surface area contributed by atoms with Crippen LogP contribution in [0.5, 0.6) is 0 Å². The Kier molecular flexibility index (Phi) is 3.10. The highest BCUT2D eigenvalue weighted by molar-refractivity contribution is 7.91. The maximum absolute atomic E-state index is 12.3. The number of benzene rings is 3. The lowest BCUT2D eigenvalue weighted by atomic mass is 10.0. The molecular weight excluding hydrogens is 290 g/mol. The van der Waals surface area contributed by atoms with Crippen LogP contribution in [0.1, 0.15) is 0 Å². The van der Waals surface area contributed by atoms with Crippen molar-refractivity contribution in [3.8, 4) is 0 Å². The van der Waals surface area contributed by atoms with Gasteiger partial charge in [0.2, 0.25) is 9.84 Å². The molecule has 3 aromatic rings. The molecule has 0 N–H and O–H groups in total. The lowest BCUT2D eigenvalue weighted by molar-refractivity contribution is -0.458. The standard InChI is InChI=1S/C15H11NO4S/c17-16(18)10-21(19,20)15-9-11-5-1-2-6-12(11)13-7-3-4-8-14(13)15/h1-9H,10H2. The summed E-state index contributed by atoms with van der Waals surface area (Å²) in [5.41, 5.74) is 0. The predicted octanol–water partition coefficient (Wildman–Crippen LogP) is 3.00. The number of rotatable bonds is 3. The number of hydrogen-bond acceptors (Lipinski definition) is 4. The summed E-state index contributed by atoms with van der Waals surface area (Å²) in [4.78, 5) is 9.80. The minimum atomic E-state index is -3.98. The maximum atomic E-state index is 12.3. The molecule has 3 rings (SSSR count). The lowest BCUT2D eigenvalue weighted by Crippen LogP contribution is -2.15. The summed E-state index contributed by atoms with van der Waals surface area (Å²) in [5.74, 6) is -1.10. The second-order valence-electron chi connectivity index (χ2n) is 4.72. The van der Waals surface area contributed by atoms with Crippen molar-refractivity contribution >= 4 is 31.4 Å². The summed E-state index contributed by atoms with van der Waals surface area (Å²) in [6, 6.07) is 15.9. The smallest absolute Gasteiger partial charge is 0.263 e. The quantitative estimate of drug-likeness (QED) is 0.423. The molecule has 0 unspecified atom stereocenters. The molecule has 0 aliphatic rings. The molecule has 0 saturated heterocycles. The Balaban J connectivity index is 2.44. The zero-order valence-corrected chi connectivity index (χ0v) is 11.7. The SMILES string of the molecule is O=[N+]([O-])CS(=O)(=O)c1cc2ccccc2c2ccccc12. The summed E-state index contributed by atoms with van der Waals surface area (Å²) >= 11 is 0. The van der Waals surface area contributed by atoms with Gasteiger partial charge in [-0.25, -0.2) is 8.42 Å². The number of nitro groups is 1. The highest BCUT2D eigenvalue weighted by Gasteiger charge is 2.24. The van der Waals surface area contributed by atoms with Crippen molar-refractivity contribution in [1.29, 1.82) is 0 Å². The van der Waals surface area contributed by atoms with Crippen LogP contribution in [0.15, 0.2) is 59.5 Å². The molecule has 0 aliphatic carbocycles. The molecule has 0 saturated carbocycles. The molecule has 21 heavy (non-hydrogen) atoms. The van der Waals surface area contributed by atoms with Gasteiger partial charge in [-0.15, -0.1) is 0 Å². The van der Waals surface area contributed by atoms with Gasteiger partial charge in [0.1, 0.15) is 0 Å². The van der Waals surface area contributed by atoms with Crippen LogP contribution in [0.2, 0.25) is 0 Å². The van der Waals surface area contributed by atoms with Gasteiger partial charge in [-0.3, -0.25) is 10.1 Å². The minimum absolute atomic E-state index is 0.00787. The molecule has 0 amide bonds. The van der Waals surface area contributed by atoms with Crippen LogP contribution in [0.25, 0.3) is 21.5 Å². The summed E-state index contributed by atoms with van der Waals surface area (Å²) < 4.78 is 24.5. The van der Waals surface area contributed by atoms with Crippen molar-refractivity contribution in [3.05, 3.63) is 64.7 Å². The van der Waals surface area contributed by atoms with E-state index in [2.05, 4.69) is 0 Å². The Hall–Kier alpha value is -2.47. The van der Waals surface area contributed by atoms with Crippen molar-refractivity contribution < 1.29 is 13.3 Å². The van der Waals surface area contributed by atoms with Crippen LogP contribution >= 0.6 is 0 Å². The molecule has 0 spiro atoms. The van der Waals surface area contributed by atoms with Crippen molar-refractivity contribution in [2.75, 3.05) is 5.88 Å². The number of hydrogen-bond donors (Lipinski definition) is 0. The summed E-state index contributed by atoms with van der Waals surface area (Å²) in [7, 11) is -3.98. The average Bonchev–Trinajstić information content (AvgIpc) is 2.45. The van der Waals surface area contributed by atoms with Crippen molar-refractivity contribution in [2.24, 2.45) is 0 Å². The summed E-state index contributed by atoms with van der Waals surface area (Å²) in [5, 5.41) is 13.6. The number of nitrogens with zero attached hydrogens (tertiary/aromatic N) is 1. The molecule has 0 atom stereocenters. The zero-order valence-electron chi connectivity index (χ0n) is 10.9. The Morgan fingerprint density at radius 1 is 0.905 bits per heavy atom. The maximum Gasteiger partial charge on any atom is 0.305 e. The minimum Gasteiger partial charge on any atom is -0.263 e. The van der Waals surface area contributed by atoms with Crippen LogP contribution in [0.3, 0.4) is 0 Å². The van der Waals surface area contributed by atoms with Gasteiger partial charge >= 0.3 is 5.88 Å². The molecule has 0 aromatic heterocycles.